The lowest BCUT2D eigenvalue weighted by Crippen LogP contribution is -1.98. The number of ketones is 1. The molecular formula is C12H11ClO. The first-order valence-corrected chi connectivity index (χ1v) is 5.09. The van der Waals surface area contributed by atoms with Crippen molar-refractivity contribution >= 4 is 17.4 Å². The third-order valence-corrected chi connectivity index (χ3v) is 2.60. The molecule has 0 saturated heterocycles. The molecule has 0 amide bonds. The number of allylic oxidation sites excluding steroid dienone is 2. The maximum absolute atomic E-state index is 11.5. The Morgan fingerprint density at radius 3 is 2.71 bits per heavy atom. The first-order valence-electron chi connectivity index (χ1n) is 4.71. The zero-order chi connectivity index (χ0) is 9.97. The van der Waals surface area contributed by atoms with Crippen LogP contribution in [0, 0.1) is 0 Å². The van der Waals surface area contributed by atoms with Gasteiger partial charge in [0.1, 0.15) is 0 Å². The SMILES string of the molecule is O=C(C=C1CC1)Cc1ccccc1Cl. The van der Waals surface area contributed by atoms with Crippen LogP contribution in [0.5, 0.6) is 0 Å². The van der Waals surface area contributed by atoms with Gasteiger partial charge in [0.2, 0.25) is 0 Å². The fourth-order valence-corrected chi connectivity index (χ4v) is 1.53. The monoisotopic (exact) mass is 206 g/mol. The van der Waals surface area contributed by atoms with E-state index in [9.17, 15) is 4.79 Å². The maximum atomic E-state index is 11.5. The van der Waals surface area contributed by atoms with Crippen molar-refractivity contribution in [2.45, 2.75) is 19.3 Å². The van der Waals surface area contributed by atoms with Crippen molar-refractivity contribution in [3.05, 3.63) is 46.5 Å². The molecule has 0 radical (unpaired) electrons. The van der Waals surface area contributed by atoms with Crippen LogP contribution in [-0.2, 0) is 11.2 Å². The molecule has 1 nitrogen and oxygen atoms in total. The number of rotatable bonds is 3. The van der Waals surface area contributed by atoms with Crippen molar-refractivity contribution in [2.24, 2.45) is 0 Å². The van der Waals surface area contributed by atoms with Gasteiger partial charge in [-0.3, -0.25) is 4.79 Å². The van der Waals surface area contributed by atoms with Crippen molar-refractivity contribution in [3.8, 4) is 0 Å². The topological polar surface area (TPSA) is 17.1 Å². The van der Waals surface area contributed by atoms with E-state index in [1.807, 2.05) is 24.3 Å². The van der Waals surface area contributed by atoms with E-state index in [0.29, 0.717) is 11.4 Å². The summed E-state index contributed by atoms with van der Waals surface area (Å²) in [7, 11) is 0. The zero-order valence-electron chi connectivity index (χ0n) is 7.79. The van der Waals surface area contributed by atoms with Crippen LogP contribution in [0.3, 0.4) is 0 Å². The molecule has 1 fully saturated rings. The third-order valence-electron chi connectivity index (χ3n) is 2.23. The molecule has 0 spiro atoms. The lowest BCUT2D eigenvalue weighted by molar-refractivity contribution is -0.114. The fourth-order valence-electron chi connectivity index (χ4n) is 1.32. The molecule has 0 N–H and O–H groups in total. The van der Waals surface area contributed by atoms with E-state index in [0.717, 1.165) is 18.4 Å². The standard InChI is InChI=1S/C12H11ClO/c13-12-4-2-1-3-10(12)8-11(14)7-9-5-6-9/h1-4,7H,5-6,8H2. The second kappa shape index (κ2) is 3.97. The Morgan fingerprint density at radius 2 is 2.07 bits per heavy atom. The summed E-state index contributed by atoms with van der Waals surface area (Å²) >= 11 is 5.95. The molecule has 0 heterocycles. The summed E-state index contributed by atoms with van der Waals surface area (Å²) in [6, 6.07) is 7.48. The molecule has 14 heavy (non-hydrogen) atoms. The van der Waals surface area contributed by atoms with Gasteiger partial charge < -0.3 is 0 Å². The summed E-state index contributed by atoms with van der Waals surface area (Å²) < 4.78 is 0. The summed E-state index contributed by atoms with van der Waals surface area (Å²) in [6.45, 7) is 0. The van der Waals surface area contributed by atoms with Gasteiger partial charge in [-0.15, -0.1) is 0 Å². The number of carbonyl (C=O) groups is 1. The maximum Gasteiger partial charge on any atom is 0.160 e. The van der Waals surface area contributed by atoms with Gasteiger partial charge in [0, 0.05) is 11.4 Å². The minimum absolute atomic E-state index is 0.158. The van der Waals surface area contributed by atoms with Crippen LogP contribution in [0.1, 0.15) is 18.4 Å². The average Bonchev–Trinajstić information content (AvgIpc) is 2.93. The molecule has 1 saturated carbocycles. The molecule has 2 heteroatoms. The van der Waals surface area contributed by atoms with Crippen LogP contribution < -0.4 is 0 Å². The number of hydrogen-bond donors (Lipinski definition) is 0. The van der Waals surface area contributed by atoms with E-state index < -0.39 is 0 Å². The fraction of sp³-hybridized carbons (Fsp3) is 0.250. The second-order valence-corrected chi connectivity index (χ2v) is 3.94. The molecule has 1 aromatic rings. The van der Waals surface area contributed by atoms with Crippen LogP contribution in [0.4, 0.5) is 0 Å². The molecule has 1 aliphatic carbocycles. The molecule has 1 aromatic carbocycles. The highest BCUT2D eigenvalue weighted by Crippen LogP contribution is 2.27. The van der Waals surface area contributed by atoms with Gasteiger partial charge in [-0.25, -0.2) is 0 Å². The van der Waals surface area contributed by atoms with Crippen molar-refractivity contribution in [2.75, 3.05) is 0 Å². The highest BCUT2D eigenvalue weighted by molar-refractivity contribution is 6.31. The molecule has 0 unspecified atom stereocenters. The third kappa shape index (κ3) is 2.46. The predicted octanol–water partition coefficient (Wildman–Crippen LogP) is 3.17. The smallest absolute Gasteiger partial charge is 0.160 e. The Labute approximate surface area is 88.4 Å². The predicted molar refractivity (Wildman–Crippen MR) is 57.5 cm³/mol. The molecular weight excluding hydrogens is 196 g/mol. The van der Waals surface area contributed by atoms with Crippen molar-refractivity contribution < 1.29 is 4.79 Å². The first-order chi connectivity index (χ1) is 6.75. The van der Waals surface area contributed by atoms with E-state index in [2.05, 4.69) is 0 Å². The number of halogens is 1. The molecule has 2 rings (SSSR count). The van der Waals surface area contributed by atoms with Gasteiger partial charge in [0.25, 0.3) is 0 Å². The largest absolute Gasteiger partial charge is 0.294 e. The summed E-state index contributed by atoms with van der Waals surface area (Å²) in [5.41, 5.74) is 2.18. The van der Waals surface area contributed by atoms with E-state index in [4.69, 9.17) is 11.6 Å². The Kier molecular flexibility index (Phi) is 2.69. The second-order valence-electron chi connectivity index (χ2n) is 3.54. The zero-order valence-corrected chi connectivity index (χ0v) is 8.55. The summed E-state index contributed by atoms with van der Waals surface area (Å²) in [4.78, 5) is 11.5. The Morgan fingerprint density at radius 1 is 1.36 bits per heavy atom. The van der Waals surface area contributed by atoms with Crippen molar-refractivity contribution in [1.29, 1.82) is 0 Å². The highest BCUT2D eigenvalue weighted by atomic mass is 35.5. The van der Waals surface area contributed by atoms with Gasteiger partial charge >= 0.3 is 0 Å². The molecule has 0 aliphatic heterocycles. The van der Waals surface area contributed by atoms with E-state index in [1.165, 1.54) is 5.57 Å². The number of hydrogen-bond acceptors (Lipinski definition) is 1. The summed E-state index contributed by atoms with van der Waals surface area (Å²) in [6.07, 6.45) is 4.36. The molecule has 72 valence electrons. The molecule has 0 bridgehead atoms. The van der Waals surface area contributed by atoms with Gasteiger partial charge in [0.15, 0.2) is 5.78 Å². The Hall–Kier alpha value is -1.08. The average molecular weight is 207 g/mol. The minimum atomic E-state index is 0.158. The summed E-state index contributed by atoms with van der Waals surface area (Å²) in [5.74, 6) is 0.158. The number of benzene rings is 1. The molecule has 0 aromatic heterocycles. The normalized spacial score (nSPS) is 13.9. The van der Waals surface area contributed by atoms with E-state index in [1.54, 1.807) is 6.08 Å². The van der Waals surface area contributed by atoms with Crippen LogP contribution in [-0.4, -0.2) is 5.78 Å². The van der Waals surface area contributed by atoms with Crippen molar-refractivity contribution in [3.63, 3.8) is 0 Å². The van der Waals surface area contributed by atoms with Gasteiger partial charge in [-0.1, -0.05) is 35.4 Å². The minimum Gasteiger partial charge on any atom is -0.294 e. The Balaban J connectivity index is 2.06. The van der Waals surface area contributed by atoms with E-state index in [-0.39, 0.29) is 5.78 Å². The van der Waals surface area contributed by atoms with Gasteiger partial charge in [-0.2, -0.15) is 0 Å². The quantitative estimate of drug-likeness (QED) is 0.695. The summed E-state index contributed by atoms with van der Waals surface area (Å²) in [5, 5.41) is 0.676. The first kappa shape index (κ1) is 9.47. The van der Waals surface area contributed by atoms with E-state index >= 15 is 0 Å². The Bertz CT molecular complexity index is 387. The van der Waals surface area contributed by atoms with Crippen molar-refractivity contribution in [1.82, 2.24) is 0 Å². The van der Waals surface area contributed by atoms with Crippen LogP contribution >= 0.6 is 11.6 Å². The van der Waals surface area contributed by atoms with Crippen LogP contribution in [0.15, 0.2) is 35.9 Å². The lowest BCUT2D eigenvalue weighted by atomic mass is 10.1. The lowest BCUT2D eigenvalue weighted by Gasteiger charge is -1.99. The van der Waals surface area contributed by atoms with Crippen LogP contribution in [0.2, 0.25) is 5.02 Å². The van der Waals surface area contributed by atoms with Crippen LogP contribution in [0.25, 0.3) is 0 Å². The van der Waals surface area contributed by atoms with Gasteiger partial charge in [-0.05, 0) is 30.5 Å². The highest BCUT2D eigenvalue weighted by Gasteiger charge is 2.13. The molecule has 1 aliphatic rings. The number of carbonyl (C=O) groups excluding carboxylic acids is 1. The van der Waals surface area contributed by atoms with Gasteiger partial charge in [0.05, 0.1) is 0 Å². The molecule has 0 atom stereocenters.